The summed E-state index contributed by atoms with van der Waals surface area (Å²) in [7, 11) is 0. The second-order valence-electron chi connectivity index (χ2n) is 3.72. The molecule has 4 nitrogen and oxygen atoms in total. The molecule has 3 atom stereocenters. The molecular formula is C8H18N2O2. The monoisotopic (exact) mass is 174 g/mol. The van der Waals surface area contributed by atoms with Gasteiger partial charge in [-0.05, 0) is 26.8 Å². The molecule has 0 saturated carbocycles. The fourth-order valence-corrected chi connectivity index (χ4v) is 1.46. The lowest BCUT2D eigenvalue weighted by Gasteiger charge is -2.35. The summed E-state index contributed by atoms with van der Waals surface area (Å²) in [6, 6.07) is -0.0761. The van der Waals surface area contributed by atoms with Gasteiger partial charge in [-0.15, -0.1) is 0 Å². The van der Waals surface area contributed by atoms with E-state index in [-0.39, 0.29) is 6.04 Å². The molecule has 1 heterocycles. The Balaban J connectivity index is 2.60. The molecule has 1 fully saturated rings. The molecule has 0 aromatic rings. The van der Waals surface area contributed by atoms with Gasteiger partial charge in [-0.1, -0.05) is 0 Å². The first-order valence-electron chi connectivity index (χ1n) is 4.38. The van der Waals surface area contributed by atoms with Crippen LogP contribution in [0, 0.1) is 0 Å². The van der Waals surface area contributed by atoms with E-state index >= 15 is 0 Å². The van der Waals surface area contributed by atoms with E-state index in [0.717, 1.165) is 6.54 Å². The Hall–Kier alpha value is -0.160. The molecule has 0 aromatic heterocycles. The van der Waals surface area contributed by atoms with Gasteiger partial charge in [0.2, 0.25) is 0 Å². The Labute approximate surface area is 73.0 Å². The molecule has 12 heavy (non-hydrogen) atoms. The first-order valence-corrected chi connectivity index (χ1v) is 4.38. The molecule has 4 N–H and O–H groups in total. The molecular weight excluding hydrogens is 156 g/mol. The van der Waals surface area contributed by atoms with Gasteiger partial charge in [0.1, 0.15) is 0 Å². The molecule has 1 saturated heterocycles. The van der Waals surface area contributed by atoms with Gasteiger partial charge in [0.25, 0.3) is 0 Å². The molecule has 4 heteroatoms. The van der Waals surface area contributed by atoms with Crippen LogP contribution < -0.4 is 10.6 Å². The van der Waals surface area contributed by atoms with Crippen molar-refractivity contribution in [2.75, 3.05) is 13.2 Å². The lowest BCUT2D eigenvalue weighted by molar-refractivity contribution is -0.0837. The van der Waals surface area contributed by atoms with Crippen molar-refractivity contribution in [2.24, 2.45) is 0 Å². The molecule has 1 aliphatic rings. The molecule has 1 rings (SSSR count). The molecule has 0 amide bonds. The van der Waals surface area contributed by atoms with Gasteiger partial charge in [0.15, 0.2) is 0 Å². The maximum absolute atomic E-state index is 9.79. The summed E-state index contributed by atoms with van der Waals surface area (Å²) < 4.78 is 0. The largest absolute Gasteiger partial charge is 0.389 e. The SMILES string of the molecule is CC1NCNCCC(C)(O)C1O. The molecule has 0 aromatic carbocycles. The number of hydrogen-bond acceptors (Lipinski definition) is 4. The maximum atomic E-state index is 9.79. The van der Waals surface area contributed by atoms with Gasteiger partial charge in [0.05, 0.1) is 11.7 Å². The van der Waals surface area contributed by atoms with Crippen LogP contribution in [0.25, 0.3) is 0 Å². The highest BCUT2D eigenvalue weighted by atomic mass is 16.3. The van der Waals surface area contributed by atoms with Crippen LogP contribution in [0.2, 0.25) is 0 Å². The minimum atomic E-state index is -0.986. The molecule has 0 spiro atoms. The molecule has 0 radical (unpaired) electrons. The summed E-state index contributed by atoms with van der Waals surface area (Å²) in [5.74, 6) is 0. The molecule has 0 aliphatic carbocycles. The molecule has 0 bridgehead atoms. The van der Waals surface area contributed by atoms with E-state index in [9.17, 15) is 10.2 Å². The average molecular weight is 174 g/mol. The lowest BCUT2D eigenvalue weighted by Crippen LogP contribution is -2.56. The zero-order chi connectivity index (χ0) is 9.19. The Kier molecular flexibility index (Phi) is 3.06. The molecule has 1 aliphatic heterocycles. The third-order valence-electron chi connectivity index (χ3n) is 2.47. The van der Waals surface area contributed by atoms with Gasteiger partial charge < -0.3 is 15.5 Å². The van der Waals surface area contributed by atoms with Gasteiger partial charge >= 0.3 is 0 Å². The fraction of sp³-hybridized carbons (Fsp3) is 1.00. The summed E-state index contributed by atoms with van der Waals surface area (Å²) in [5.41, 5.74) is -0.986. The summed E-state index contributed by atoms with van der Waals surface area (Å²) in [6.45, 7) is 4.95. The van der Waals surface area contributed by atoms with Gasteiger partial charge in [-0.3, -0.25) is 5.32 Å². The van der Waals surface area contributed by atoms with Gasteiger partial charge in [-0.2, -0.15) is 0 Å². The van der Waals surface area contributed by atoms with E-state index in [1.165, 1.54) is 0 Å². The van der Waals surface area contributed by atoms with Crippen LogP contribution in [0.4, 0.5) is 0 Å². The normalized spacial score (nSPS) is 45.0. The third kappa shape index (κ3) is 2.17. The smallest absolute Gasteiger partial charge is 0.0975 e. The number of nitrogens with one attached hydrogen (secondary N) is 2. The quantitative estimate of drug-likeness (QED) is 0.381. The number of aliphatic hydroxyl groups excluding tert-OH is 1. The minimum Gasteiger partial charge on any atom is -0.389 e. The Bertz CT molecular complexity index is 150. The predicted octanol–water partition coefficient (Wildman–Crippen LogP) is -0.973. The maximum Gasteiger partial charge on any atom is 0.0975 e. The Morgan fingerprint density at radius 3 is 2.83 bits per heavy atom. The van der Waals surface area contributed by atoms with Crippen LogP contribution >= 0.6 is 0 Å². The van der Waals surface area contributed by atoms with Gasteiger partial charge in [-0.25, -0.2) is 0 Å². The zero-order valence-corrected chi connectivity index (χ0v) is 7.67. The highest BCUT2D eigenvalue weighted by Crippen LogP contribution is 2.17. The summed E-state index contributed by atoms with van der Waals surface area (Å²) >= 11 is 0. The fourth-order valence-electron chi connectivity index (χ4n) is 1.46. The molecule has 3 unspecified atom stereocenters. The van der Waals surface area contributed by atoms with Crippen molar-refractivity contribution in [3.8, 4) is 0 Å². The minimum absolute atomic E-state index is 0.0761. The van der Waals surface area contributed by atoms with E-state index in [2.05, 4.69) is 10.6 Å². The third-order valence-corrected chi connectivity index (χ3v) is 2.47. The highest BCUT2D eigenvalue weighted by molar-refractivity contribution is 4.90. The van der Waals surface area contributed by atoms with E-state index in [1.54, 1.807) is 6.92 Å². The Morgan fingerprint density at radius 1 is 1.50 bits per heavy atom. The van der Waals surface area contributed by atoms with Crippen LogP contribution in [-0.4, -0.2) is 41.2 Å². The topological polar surface area (TPSA) is 64.5 Å². The van der Waals surface area contributed by atoms with Crippen molar-refractivity contribution in [1.82, 2.24) is 10.6 Å². The number of rotatable bonds is 0. The van der Waals surface area contributed by atoms with Crippen molar-refractivity contribution in [1.29, 1.82) is 0 Å². The van der Waals surface area contributed by atoms with Crippen molar-refractivity contribution >= 4 is 0 Å². The van der Waals surface area contributed by atoms with E-state index in [0.29, 0.717) is 13.1 Å². The first-order chi connectivity index (χ1) is 5.54. The van der Waals surface area contributed by atoms with E-state index < -0.39 is 11.7 Å². The number of aliphatic hydroxyl groups is 2. The predicted molar refractivity (Wildman–Crippen MR) is 46.7 cm³/mol. The van der Waals surface area contributed by atoms with Gasteiger partial charge in [0, 0.05) is 12.7 Å². The van der Waals surface area contributed by atoms with Crippen LogP contribution in [0.1, 0.15) is 20.3 Å². The summed E-state index contributed by atoms with van der Waals surface area (Å²) in [6.07, 6.45) is -0.111. The van der Waals surface area contributed by atoms with Crippen LogP contribution in [0.5, 0.6) is 0 Å². The lowest BCUT2D eigenvalue weighted by atomic mass is 9.90. The zero-order valence-electron chi connectivity index (χ0n) is 7.67. The van der Waals surface area contributed by atoms with Crippen molar-refractivity contribution in [2.45, 2.75) is 38.0 Å². The number of hydrogen-bond donors (Lipinski definition) is 4. The van der Waals surface area contributed by atoms with Crippen molar-refractivity contribution in [3.05, 3.63) is 0 Å². The summed E-state index contributed by atoms with van der Waals surface area (Å²) in [5, 5.41) is 25.6. The second-order valence-corrected chi connectivity index (χ2v) is 3.72. The first kappa shape index (κ1) is 9.92. The van der Waals surface area contributed by atoms with E-state index in [1.807, 2.05) is 6.92 Å². The highest BCUT2D eigenvalue weighted by Gasteiger charge is 2.34. The van der Waals surface area contributed by atoms with Crippen molar-refractivity contribution < 1.29 is 10.2 Å². The Morgan fingerprint density at radius 2 is 2.17 bits per heavy atom. The van der Waals surface area contributed by atoms with Crippen LogP contribution in [0.3, 0.4) is 0 Å². The molecule has 72 valence electrons. The average Bonchev–Trinajstić information content (AvgIpc) is 2.00. The second kappa shape index (κ2) is 3.70. The van der Waals surface area contributed by atoms with E-state index in [4.69, 9.17) is 0 Å². The van der Waals surface area contributed by atoms with Crippen LogP contribution in [0.15, 0.2) is 0 Å². The standard InChI is InChI=1S/C8H18N2O2/c1-6-7(11)8(2,12)3-4-9-5-10-6/h6-7,9-12H,3-5H2,1-2H3. The van der Waals surface area contributed by atoms with Crippen LogP contribution in [-0.2, 0) is 0 Å². The summed E-state index contributed by atoms with van der Waals surface area (Å²) in [4.78, 5) is 0. The van der Waals surface area contributed by atoms with Crippen molar-refractivity contribution in [3.63, 3.8) is 0 Å².